The first-order valence-corrected chi connectivity index (χ1v) is 18.6. The van der Waals surface area contributed by atoms with Crippen LogP contribution in [0, 0.1) is 5.41 Å². The van der Waals surface area contributed by atoms with Gasteiger partial charge < -0.3 is 4.74 Å². The Hall–Kier alpha value is -3.87. The third kappa shape index (κ3) is 8.94. The molecule has 0 aliphatic heterocycles. The van der Waals surface area contributed by atoms with E-state index in [1.807, 2.05) is 56.7 Å². The normalized spacial score (nSPS) is 12.4. The van der Waals surface area contributed by atoms with E-state index in [0.29, 0.717) is 30.2 Å². The Kier molecular flexibility index (Phi) is 11.4. The first-order chi connectivity index (χ1) is 22.1. The van der Waals surface area contributed by atoms with Crippen LogP contribution in [-0.4, -0.2) is 58.5 Å². The van der Waals surface area contributed by atoms with E-state index < -0.39 is 37.2 Å². The number of esters is 1. The van der Waals surface area contributed by atoms with Gasteiger partial charge in [-0.2, -0.15) is 13.0 Å². The molecule has 0 fully saturated rings. The minimum atomic E-state index is -4.44. The molecule has 1 heterocycles. The summed E-state index contributed by atoms with van der Waals surface area (Å²) in [4.78, 5) is 26.1. The first-order valence-electron chi connectivity index (χ1n) is 15.6. The van der Waals surface area contributed by atoms with E-state index >= 15 is 0 Å². The standard InChI is InChI=1S/C35H43N2O8S2/c1-6-44-32(38)18-11-13-26-19-21-27(22-20-26)47(42,43)37(23-12-24-46(40,41)45-25-35(2,3)4)34(39)33-28-14-7-9-16-30(28)36(5)31-17-10-8-15-29(31)33/h7-10,14-17,19-22H,6,11-13,18,23-25H2,1-5H3/q+1. The van der Waals surface area contributed by atoms with Crippen LogP contribution in [0.3, 0.4) is 0 Å². The highest BCUT2D eigenvalue weighted by atomic mass is 32.2. The number of ether oxygens (including phenoxy) is 1. The zero-order valence-electron chi connectivity index (χ0n) is 27.6. The van der Waals surface area contributed by atoms with Crippen molar-refractivity contribution in [1.82, 2.24) is 4.31 Å². The zero-order valence-corrected chi connectivity index (χ0v) is 29.2. The molecule has 47 heavy (non-hydrogen) atoms. The van der Waals surface area contributed by atoms with Gasteiger partial charge >= 0.3 is 5.97 Å². The SMILES string of the molecule is CCOC(=O)CCCc1ccc(S(=O)(=O)N(CCCS(=O)(=O)OCC(C)(C)C)C(=O)c2c3ccccc3[n+](C)c3ccccc23)cc1. The molecule has 0 saturated heterocycles. The van der Waals surface area contributed by atoms with Crippen molar-refractivity contribution in [3.05, 3.63) is 83.9 Å². The summed E-state index contributed by atoms with van der Waals surface area (Å²) in [6, 6.07) is 20.7. The average molecular weight is 684 g/mol. The quantitative estimate of drug-likeness (QED) is 0.0757. The van der Waals surface area contributed by atoms with Crippen LogP contribution in [0.15, 0.2) is 77.7 Å². The number of aryl methyl sites for hydroxylation is 2. The maximum atomic E-state index is 14.6. The lowest BCUT2D eigenvalue weighted by Gasteiger charge is -2.24. The number of carbonyl (C=O) groups is 2. The van der Waals surface area contributed by atoms with Crippen LogP contribution in [0.4, 0.5) is 0 Å². The van der Waals surface area contributed by atoms with E-state index in [1.54, 1.807) is 43.3 Å². The van der Waals surface area contributed by atoms with E-state index in [1.165, 1.54) is 12.1 Å². The molecule has 10 nitrogen and oxygen atoms in total. The van der Waals surface area contributed by atoms with Gasteiger partial charge in [0.05, 0.1) is 40.2 Å². The van der Waals surface area contributed by atoms with Crippen LogP contribution in [0.5, 0.6) is 0 Å². The predicted octanol–water partition coefficient (Wildman–Crippen LogP) is 5.32. The summed E-state index contributed by atoms with van der Waals surface area (Å²) in [5.74, 6) is -1.52. The third-order valence-corrected chi connectivity index (χ3v) is 10.7. The van der Waals surface area contributed by atoms with Gasteiger partial charge in [-0.05, 0) is 61.4 Å². The molecule has 252 valence electrons. The van der Waals surface area contributed by atoms with Crippen molar-refractivity contribution in [2.24, 2.45) is 12.5 Å². The van der Waals surface area contributed by atoms with Crippen molar-refractivity contribution in [2.45, 2.75) is 58.3 Å². The molecule has 0 bridgehead atoms. The van der Waals surface area contributed by atoms with Gasteiger partial charge in [0.1, 0.15) is 7.05 Å². The van der Waals surface area contributed by atoms with Crippen molar-refractivity contribution >= 4 is 53.8 Å². The van der Waals surface area contributed by atoms with Crippen LogP contribution in [0.25, 0.3) is 21.8 Å². The maximum absolute atomic E-state index is 14.6. The lowest BCUT2D eigenvalue weighted by molar-refractivity contribution is -0.617. The van der Waals surface area contributed by atoms with Crippen LogP contribution >= 0.6 is 0 Å². The number of rotatable bonds is 14. The summed E-state index contributed by atoms with van der Waals surface area (Å²) in [6.45, 7) is 7.17. The lowest BCUT2D eigenvalue weighted by Crippen LogP contribution is -2.40. The average Bonchev–Trinajstić information content (AvgIpc) is 3.02. The third-order valence-electron chi connectivity index (χ3n) is 7.60. The van der Waals surface area contributed by atoms with Crippen molar-refractivity contribution in [1.29, 1.82) is 0 Å². The summed E-state index contributed by atoms with van der Waals surface area (Å²) in [6.07, 6.45) is 1.15. The van der Waals surface area contributed by atoms with E-state index in [-0.39, 0.29) is 42.4 Å². The van der Waals surface area contributed by atoms with Crippen molar-refractivity contribution in [3.63, 3.8) is 0 Å². The Morgan fingerprint density at radius 3 is 1.96 bits per heavy atom. The predicted molar refractivity (Wildman–Crippen MR) is 181 cm³/mol. The van der Waals surface area contributed by atoms with Crippen LogP contribution < -0.4 is 4.57 Å². The highest BCUT2D eigenvalue weighted by Gasteiger charge is 2.34. The number of pyridine rings is 1. The highest BCUT2D eigenvalue weighted by molar-refractivity contribution is 7.89. The number of fused-ring (bicyclic) bond motifs is 2. The second kappa shape index (κ2) is 14.9. The van der Waals surface area contributed by atoms with Crippen molar-refractivity contribution < 1.29 is 39.9 Å². The fourth-order valence-corrected chi connectivity index (χ4v) is 7.80. The van der Waals surface area contributed by atoms with E-state index in [0.717, 1.165) is 20.9 Å². The Balaban J connectivity index is 1.71. The molecule has 1 aromatic heterocycles. The number of para-hydroxylation sites is 2. The Morgan fingerprint density at radius 1 is 0.830 bits per heavy atom. The molecule has 0 radical (unpaired) electrons. The molecule has 4 aromatic rings. The number of carbonyl (C=O) groups excluding carboxylic acids is 2. The molecule has 0 aliphatic carbocycles. The first kappa shape index (κ1) is 36.0. The number of benzene rings is 3. The zero-order chi connectivity index (χ0) is 34.4. The number of hydrogen-bond acceptors (Lipinski definition) is 8. The van der Waals surface area contributed by atoms with Gasteiger partial charge in [0.25, 0.3) is 26.0 Å². The van der Waals surface area contributed by atoms with Gasteiger partial charge in [-0.25, -0.2) is 12.7 Å². The molecule has 0 aliphatic rings. The number of nitrogens with zero attached hydrogens (tertiary/aromatic N) is 2. The second-order valence-electron chi connectivity index (χ2n) is 12.6. The molecule has 0 saturated carbocycles. The smallest absolute Gasteiger partial charge is 0.305 e. The van der Waals surface area contributed by atoms with Gasteiger partial charge in [0, 0.05) is 25.1 Å². The van der Waals surface area contributed by atoms with Gasteiger partial charge in [-0.15, -0.1) is 0 Å². The minimum absolute atomic E-state index is 0.0264. The summed E-state index contributed by atoms with van der Waals surface area (Å²) < 4.78 is 66.8. The van der Waals surface area contributed by atoms with Crippen molar-refractivity contribution in [2.75, 3.05) is 25.5 Å². The van der Waals surface area contributed by atoms with Gasteiger partial charge in [-0.3, -0.25) is 13.8 Å². The topological polar surface area (TPSA) is 128 Å². The van der Waals surface area contributed by atoms with E-state index in [4.69, 9.17) is 8.92 Å². The van der Waals surface area contributed by atoms with Crippen LogP contribution in [-0.2, 0) is 47.3 Å². The molecule has 0 N–H and O–H groups in total. The molecular weight excluding hydrogens is 641 g/mol. The molecule has 3 aromatic carbocycles. The molecule has 0 spiro atoms. The summed E-state index contributed by atoms with van der Waals surface area (Å²) in [5.41, 5.74) is 2.10. The molecule has 0 atom stereocenters. The minimum Gasteiger partial charge on any atom is -0.466 e. The number of aromatic nitrogens is 1. The Bertz CT molecular complexity index is 1910. The fourth-order valence-electron chi connectivity index (χ4n) is 5.25. The maximum Gasteiger partial charge on any atom is 0.305 e. The molecule has 0 unspecified atom stereocenters. The summed E-state index contributed by atoms with van der Waals surface area (Å²) in [7, 11) is -6.54. The number of hydrogen-bond donors (Lipinski definition) is 0. The van der Waals surface area contributed by atoms with Crippen LogP contribution in [0.2, 0.25) is 0 Å². The molecule has 12 heteroatoms. The Morgan fingerprint density at radius 2 is 1.40 bits per heavy atom. The largest absolute Gasteiger partial charge is 0.466 e. The molecule has 1 amide bonds. The molecular formula is C35H43N2O8S2+. The summed E-state index contributed by atoms with van der Waals surface area (Å²) >= 11 is 0. The van der Waals surface area contributed by atoms with Crippen molar-refractivity contribution in [3.8, 4) is 0 Å². The lowest BCUT2D eigenvalue weighted by atomic mass is 9.99. The van der Waals surface area contributed by atoms with E-state index in [2.05, 4.69) is 0 Å². The molecule has 4 rings (SSSR count). The van der Waals surface area contributed by atoms with Crippen LogP contribution in [0.1, 0.15) is 62.9 Å². The summed E-state index contributed by atoms with van der Waals surface area (Å²) in [5, 5.41) is 1.13. The van der Waals surface area contributed by atoms with Gasteiger partial charge in [0.2, 0.25) is 11.0 Å². The van der Waals surface area contributed by atoms with Gasteiger partial charge in [0.15, 0.2) is 0 Å². The monoisotopic (exact) mass is 683 g/mol. The fraction of sp³-hybridized carbons (Fsp3) is 0.400. The second-order valence-corrected chi connectivity index (χ2v) is 16.2. The number of amides is 1. The number of sulfonamides is 1. The van der Waals surface area contributed by atoms with Gasteiger partial charge in [-0.1, -0.05) is 57.2 Å². The Labute approximate surface area is 277 Å². The highest BCUT2D eigenvalue weighted by Crippen LogP contribution is 2.29. The van der Waals surface area contributed by atoms with E-state index in [9.17, 15) is 26.4 Å².